The van der Waals surface area contributed by atoms with E-state index in [1.165, 1.54) is 0 Å². The maximum absolute atomic E-state index is 13.8. The summed E-state index contributed by atoms with van der Waals surface area (Å²) in [4.78, 5) is 33.5. The van der Waals surface area contributed by atoms with Gasteiger partial charge in [-0.25, -0.2) is 4.79 Å². The van der Waals surface area contributed by atoms with Crippen LogP contribution in [-0.2, 0) is 0 Å². The number of nitrogens with zero attached hydrogens (tertiary/aromatic N) is 3. The highest BCUT2D eigenvalue weighted by Gasteiger charge is 2.25. The Labute approximate surface area is 257 Å². The summed E-state index contributed by atoms with van der Waals surface area (Å²) in [5.41, 5.74) is 6.19. The molecule has 0 saturated carbocycles. The lowest BCUT2D eigenvalue weighted by atomic mass is 9.93. The molecule has 3 amide bonds. The lowest BCUT2D eigenvalue weighted by Crippen LogP contribution is -2.47. The number of hydrogen-bond acceptors (Lipinski definition) is 5. The Kier molecular flexibility index (Phi) is 10.6. The molecule has 43 heavy (non-hydrogen) atoms. The first-order chi connectivity index (χ1) is 20.7. The lowest BCUT2D eigenvalue weighted by molar-refractivity contribution is 0.0773. The first-order valence-corrected chi connectivity index (χ1v) is 15.4. The van der Waals surface area contributed by atoms with Gasteiger partial charge in [-0.05, 0) is 67.1 Å². The number of anilines is 4. The van der Waals surface area contributed by atoms with Gasteiger partial charge in [-0.3, -0.25) is 4.79 Å². The Balaban J connectivity index is 1.58. The molecule has 0 spiro atoms. The van der Waals surface area contributed by atoms with Gasteiger partial charge in [-0.2, -0.15) is 0 Å². The number of piperazine rings is 1. The summed E-state index contributed by atoms with van der Waals surface area (Å²) in [6.45, 7) is 16.8. The number of urea groups is 1. The van der Waals surface area contributed by atoms with Crippen LogP contribution in [-0.4, -0.2) is 63.2 Å². The molecular weight excluding hydrogens is 538 g/mol. The smallest absolute Gasteiger partial charge is 0.323 e. The second-order valence-electron chi connectivity index (χ2n) is 11.6. The number of carbonyl (C=O) groups excluding carboxylic acids is 2. The third-order valence-electron chi connectivity index (χ3n) is 8.19. The van der Waals surface area contributed by atoms with Gasteiger partial charge < -0.3 is 30.1 Å². The minimum absolute atomic E-state index is 0.0385. The van der Waals surface area contributed by atoms with E-state index in [-0.39, 0.29) is 23.8 Å². The molecule has 0 bridgehead atoms. The van der Waals surface area contributed by atoms with Crippen molar-refractivity contribution in [2.45, 2.75) is 53.4 Å². The van der Waals surface area contributed by atoms with Crippen LogP contribution in [0.25, 0.3) is 0 Å². The monoisotopic (exact) mass is 585 g/mol. The molecule has 3 aromatic carbocycles. The fourth-order valence-corrected chi connectivity index (χ4v) is 5.79. The molecule has 4 rings (SSSR count). The Morgan fingerprint density at radius 3 is 1.93 bits per heavy atom. The van der Waals surface area contributed by atoms with Crippen molar-refractivity contribution in [1.82, 2.24) is 4.90 Å². The van der Waals surface area contributed by atoms with Crippen LogP contribution in [0.2, 0.25) is 0 Å². The zero-order valence-electron chi connectivity index (χ0n) is 26.7. The molecule has 1 aliphatic rings. The number of nitrogens with one attached hydrogen (secondary N) is 2. The summed E-state index contributed by atoms with van der Waals surface area (Å²) in [5.74, 6) is 1.34. The van der Waals surface area contributed by atoms with E-state index in [1.54, 1.807) is 7.11 Å². The number of benzene rings is 3. The molecule has 1 heterocycles. The number of ether oxygens (including phenoxy) is 1. The minimum Gasteiger partial charge on any atom is -0.495 e. The largest absolute Gasteiger partial charge is 0.495 e. The van der Waals surface area contributed by atoms with Crippen LogP contribution in [0, 0.1) is 0 Å². The molecule has 3 aromatic rings. The van der Waals surface area contributed by atoms with Gasteiger partial charge >= 0.3 is 6.03 Å². The van der Waals surface area contributed by atoms with Crippen LogP contribution < -0.4 is 25.2 Å². The second kappa shape index (κ2) is 14.3. The average molecular weight is 586 g/mol. The van der Waals surface area contributed by atoms with Crippen molar-refractivity contribution in [3.8, 4) is 5.75 Å². The first kappa shape index (κ1) is 31.7. The molecule has 0 unspecified atom stereocenters. The van der Waals surface area contributed by atoms with Crippen molar-refractivity contribution in [3.05, 3.63) is 77.4 Å². The summed E-state index contributed by atoms with van der Waals surface area (Å²) >= 11 is 0. The summed E-state index contributed by atoms with van der Waals surface area (Å²) in [6, 6.07) is 19.6. The number of carbonyl (C=O) groups is 2. The maximum Gasteiger partial charge on any atom is 0.323 e. The number of hydrogen-bond donors (Lipinski definition) is 2. The topological polar surface area (TPSA) is 77.2 Å². The van der Waals surface area contributed by atoms with Gasteiger partial charge in [0.05, 0.1) is 18.4 Å². The number of amides is 3. The molecule has 1 aliphatic heterocycles. The molecule has 8 nitrogen and oxygen atoms in total. The van der Waals surface area contributed by atoms with Crippen LogP contribution in [0.5, 0.6) is 5.75 Å². The molecule has 0 aromatic heterocycles. The Morgan fingerprint density at radius 2 is 1.37 bits per heavy atom. The van der Waals surface area contributed by atoms with E-state index in [9.17, 15) is 9.59 Å². The first-order valence-electron chi connectivity index (χ1n) is 15.4. The van der Waals surface area contributed by atoms with Crippen molar-refractivity contribution >= 4 is 34.7 Å². The van der Waals surface area contributed by atoms with Gasteiger partial charge in [0.25, 0.3) is 5.91 Å². The van der Waals surface area contributed by atoms with Gasteiger partial charge in [0.15, 0.2) is 0 Å². The van der Waals surface area contributed by atoms with Gasteiger partial charge in [0.1, 0.15) is 5.75 Å². The molecule has 0 aliphatic carbocycles. The SMILES string of the molecule is CCN(CC)C(=O)c1cc(NC(=O)Nc2c(C(C)C)cccc2C(C)C)ccc1N1CCN(c2ccccc2OC)CC1. The van der Waals surface area contributed by atoms with Crippen molar-refractivity contribution in [3.63, 3.8) is 0 Å². The molecule has 0 atom stereocenters. The lowest BCUT2D eigenvalue weighted by Gasteiger charge is -2.38. The molecule has 2 N–H and O–H groups in total. The molecule has 0 radical (unpaired) electrons. The van der Waals surface area contributed by atoms with Crippen molar-refractivity contribution in [1.29, 1.82) is 0 Å². The maximum atomic E-state index is 13.8. The predicted molar refractivity (Wildman–Crippen MR) is 178 cm³/mol. The van der Waals surface area contributed by atoms with E-state index in [0.29, 0.717) is 24.3 Å². The van der Waals surface area contributed by atoms with E-state index in [4.69, 9.17) is 4.74 Å². The van der Waals surface area contributed by atoms with Gasteiger partial charge in [0, 0.05) is 56.3 Å². The van der Waals surface area contributed by atoms with Gasteiger partial charge in [-0.1, -0.05) is 58.0 Å². The van der Waals surface area contributed by atoms with E-state index >= 15 is 0 Å². The Morgan fingerprint density at radius 1 is 0.791 bits per heavy atom. The van der Waals surface area contributed by atoms with Crippen LogP contribution in [0.4, 0.5) is 27.5 Å². The number of rotatable bonds is 10. The van der Waals surface area contributed by atoms with E-state index in [0.717, 1.165) is 60.1 Å². The molecule has 1 fully saturated rings. The highest BCUT2D eigenvalue weighted by atomic mass is 16.5. The third-order valence-corrected chi connectivity index (χ3v) is 8.19. The summed E-state index contributed by atoms with van der Waals surface area (Å²) < 4.78 is 5.58. The molecule has 230 valence electrons. The van der Waals surface area contributed by atoms with Crippen LogP contribution >= 0.6 is 0 Å². The Bertz CT molecular complexity index is 1380. The summed E-state index contributed by atoms with van der Waals surface area (Å²) in [5, 5.41) is 6.12. The van der Waals surface area contributed by atoms with Crippen LogP contribution in [0.3, 0.4) is 0 Å². The van der Waals surface area contributed by atoms with Crippen molar-refractivity contribution in [2.75, 3.05) is 66.8 Å². The average Bonchev–Trinajstić information content (AvgIpc) is 3.01. The normalized spacial score (nSPS) is 13.3. The fourth-order valence-electron chi connectivity index (χ4n) is 5.79. The van der Waals surface area contributed by atoms with Crippen molar-refractivity contribution in [2.24, 2.45) is 0 Å². The van der Waals surface area contributed by atoms with Crippen LogP contribution in [0.1, 0.15) is 74.9 Å². The summed E-state index contributed by atoms with van der Waals surface area (Å²) in [6.07, 6.45) is 0. The van der Waals surface area contributed by atoms with E-state index in [1.807, 2.05) is 61.2 Å². The van der Waals surface area contributed by atoms with Gasteiger partial charge in [0.2, 0.25) is 0 Å². The molecule has 8 heteroatoms. The standard InChI is InChI=1S/C35H47N5O3/c1-8-38(9-2)34(41)29-23-26(36-35(42)37-33-27(24(3)4)13-12-14-28(33)25(5)6)17-18-30(29)39-19-21-40(22-20-39)31-15-10-11-16-32(31)43-7/h10-18,23-25H,8-9,19-22H2,1-7H3,(H2,36,37,42). The fraction of sp³-hybridized carbons (Fsp3) is 0.429. The minimum atomic E-state index is -0.325. The Hall–Kier alpha value is -4.20. The van der Waals surface area contributed by atoms with E-state index < -0.39 is 0 Å². The van der Waals surface area contributed by atoms with Gasteiger partial charge in [-0.15, -0.1) is 0 Å². The van der Waals surface area contributed by atoms with Crippen molar-refractivity contribution < 1.29 is 14.3 Å². The molecule has 1 saturated heterocycles. The number of para-hydroxylation sites is 3. The highest BCUT2D eigenvalue weighted by Crippen LogP contribution is 2.34. The predicted octanol–water partition coefficient (Wildman–Crippen LogP) is 7.39. The number of methoxy groups -OCH3 is 1. The summed E-state index contributed by atoms with van der Waals surface area (Å²) in [7, 11) is 1.70. The van der Waals surface area contributed by atoms with Crippen LogP contribution in [0.15, 0.2) is 60.7 Å². The third kappa shape index (κ3) is 7.24. The zero-order chi connectivity index (χ0) is 31.1. The van der Waals surface area contributed by atoms with E-state index in [2.05, 4.69) is 66.3 Å². The molecular formula is C35H47N5O3. The highest BCUT2D eigenvalue weighted by molar-refractivity contribution is 6.04. The quantitative estimate of drug-likeness (QED) is 0.259. The second-order valence-corrected chi connectivity index (χ2v) is 11.6. The zero-order valence-corrected chi connectivity index (χ0v) is 26.7.